The SMILES string of the molecule is CC(=O)OC(C)(C)CC(C)(C)O. The van der Waals surface area contributed by atoms with E-state index >= 15 is 0 Å². The zero-order valence-electron chi connectivity index (χ0n) is 8.47. The van der Waals surface area contributed by atoms with Gasteiger partial charge in [-0.1, -0.05) is 0 Å². The summed E-state index contributed by atoms with van der Waals surface area (Å²) >= 11 is 0. The number of ether oxygens (including phenoxy) is 1. The third-order valence-corrected chi connectivity index (χ3v) is 1.28. The average Bonchev–Trinajstić information content (AvgIpc) is 1.48. The monoisotopic (exact) mass is 174 g/mol. The Morgan fingerprint density at radius 2 is 1.75 bits per heavy atom. The van der Waals surface area contributed by atoms with Crippen LogP contribution in [0.5, 0.6) is 0 Å². The fourth-order valence-electron chi connectivity index (χ4n) is 1.47. The minimum Gasteiger partial charge on any atom is -0.460 e. The molecule has 0 radical (unpaired) electrons. The summed E-state index contributed by atoms with van der Waals surface area (Å²) in [6.07, 6.45) is 0.430. The molecule has 0 aliphatic rings. The maximum absolute atomic E-state index is 10.6. The van der Waals surface area contributed by atoms with E-state index in [1.54, 1.807) is 27.7 Å². The molecule has 3 nitrogen and oxygen atoms in total. The topological polar surface area (TPSA) is 46.5 Å². The normalized spacial score (nSPS) is 12.8. The number of hydrogen-bond acceptors (Lipinski definition) is 3. The quantitative estimate of drug-likeness (QED) is 0.659. The van der Waals surface area contributed by atoms with Crippen LogP contribution in [-0.4, -0.2) is 22.3 Å². The Labute approximate surface area is 73.7 Å². The van der Waals surface area contributed by atoms with Gasteiger partial charge in [-0.2, -0.15) is 0 Å². The molecule has 0 spiro atoms. The molecule has 3 heteroatoms. The van der Waals surface area contributed by atoms with Gasteiger partial charge in [0.05, 0.1) is 5.60 Å². The number of carbonyl (C=O) groups is 1. The fraction of sp³-hybridized carbons (Fsp3) is 0.889. The second-order valence-corrected chi connectivity index (χ2v) is 4.34. The highest BCUT2D eigenvalue weighted by Crippen LogP contribution is 2.22. The molecule has 0 unspecified atom stereocenters. The summed E-state index contributed by atoms with van der Waals surface area (Å²) < 4.78 is 5.01. The van der Waals surface area contributed by atoms with E-state index in [2.05, 4.69) is 0 Å². The number of esters is 1. The molecule has 72 valence electrons. The molecule has 0 aromatic rings. The number of rotatable bonds is 3. The Hall–Kier alpha value is -0.570. The van der Waals surface area contributed by atoms with Gasteiger partial charge in [0.15, 0.2) is 0 Å². The molecule has 0 rings (SSSR count). The van der Waals surface area contributed by atoms with Gasteiger partial charge < -0.3 is 9.84 Å². The van der Waals surface area contributed by atoms with Crippen LogP contribution in [0, 0.1) is 0 Å². The highest BCUT2D eigenvalue weighted by molar-refractivity contribution is 5.66. The highest BCUT2D eigenvalue weighted by Gasteiger charge is 2.29. The van der Waals surface area contributed by atoms with Gasteiger partial charge in [-0.05, 0) is 27.7 Å². The van der Waals surface area contributed by atoms with Crippen molar-refractivity contribution < 1.29 is 14.6 Å². The van der Waals surface area contributed by atoms with Crippen molar-refractivity contribution in [1.82, 2.24) is 0 Å². The molecule has 0 saturated carbocycles. The molecule has 0 aromatic carbocycles. The zero-order valence-corrected chi connectivity index (χ0v) is 8.47. The van der Waals surface area contributed by atoms with Crippen molar-refractivity contribution in [3.63, 3.8) is 0 Å². The number of aliphatic hydroxyl groups is 1. The van der Waals surface area contributed by atoms with Crippen molar-refractivity contribution >= 4 is 5.97 Å². The average molecular weight is 174 g/mol. The van der Waals surface area contributed by atoms with Crippen LogP contribution in [0.25, 0.3) is 0 Å². The smallest absolute Gasteiger partial charge is 0.303 e. The summed E-state index contributed by atoms with van der Waals surface area (Å²) in [4.78, 5) is 10.6. The van der Waals surface area contributed by atoms with Crippen LogP contribution in [0.3, 0.4) is 0 Å². The summed E-state index contributed by atoms with van der Waals surface area (Å²) in [5.74, 6) is -0.316. The van der Waals surface area contributed by atoms with Crippen molar-refractivity contribution in [3.8, 4) is 0 Å². The molecular formula is C9H18O3. The Morgan fingerprint density at radius 3 is 2.00 bits per heavy atom. The molecule has 0 aromatic heterocycles. The summed E-state index contributed by atoms with van der Waals surface area (Å²) in [5.41, 5.74) is -1.40. The van der Waals surface area contributed by atoms with Gasteiger partial charge in [-0.3, -0.25) is 4.79 Å². The van der Waals surface area contributed by atoms with E-state index in [0.29, 0.717) is 6.42 Å². The van der Waals surface area contributed by atoms with Gasteiger partial charge >= 0.3 is 5.97 Å². The van der Waals surface area contributed by atoms with Crippen molar-refractivity contribution in [3.05, 3.63) is 0 Å². The van der Waals surface area contributed by atoms with Gasteiger partial charge in [0.25, 0.3) is 0 Å². The molecule has 0 atom stereocenters. The molecule has 12 heavy (non-hydrogen) atoms. The lowest BCUT2D eigenvalue weighted by atomic mass is 9.92. The van der Waals surface area contributed by atoms with Gasteiger partial charge in [-0.15, -0.1) is 0 Å². The largest absolute Gasteiger partial charge is 0.460 e. The minimum absolute atomic E-state index is 0.316. The van der Waals surface area contributed by atoms with Crippen LogP contribution in [0.4, 0.5) is 0 Å². The van der Waals surface area contributed by atoms with Crippen LogP contribution in [-0.2, 0) is 9.53 Å². The zero-order chi connectivity index (χ0) is 9.99. The number of hydrogen-bond donors (Lipinski definition) is 1. The van der Waals surface area contributed by atoms with Gasteiger partial charge in [0, 0.05) is 13.3 Å². The number of carbonyl (C=O) groups excluding carboxylic acids is 1. The Balaban J connectivity index is 4.13. The lowest BCUT2D eigenvalue weighted by Crippen LogP contribution is -2.36. The standard InChI is InChI=1S/C9H18O3/c1-7(10)12-9(4,5)6-8(2,3)11/h11H,6H2,1-5H3. The third kappa shape index (κ3) is 6.16. The van der Waals surface area contributed by atoms with Crippen LogP contribution in [0.15, 0.2) is 0 Å². The van der Waals surface area contributed by atoms with E-state index in [4.69, 9.17) is 4.74 Å². The third-order valence-electron chi connectivity index (χ3n) is 1.28. The highest BCUT2D eigenvalue weighted by atomic mass is 16.6. The molecule has 0 bridgehead atoms. The summed E-state index contributed by atoms with van der Waals surface area (Å²) in [6.45, 7) is 8.32. The Morgan fingerprint density at radius 1 is 1.33 bits per heavy atom. The van der Waals surface area contributed by atoms with Crippen molar-refractivity contribution in [2.24, 2.45) is 0 Å². The molecule has 1 N–H and O–H groups in total. The van der Waals surface area contributed by atoms with Gasteiger partial charge in [0.2, 0.25) is 0 Å². The van der Waals surface area contributed by atoms with Crippen molar-refractivity contribution in [2.45, 2.75) is 52.2 Å². The summed E-state index contributed by atoms with van der Waals surface area (Å²) in [7, 11) is 0. The molecule has 0 heterocycles. The van der Waals surface area contributed by atoms with E-state index in [-0.39, 0.29) is 5.97 Å². The molecule has 0 amide bonds. The lowest BCUT2D eigenvalue weighted by molar-refractivity contribution is -0.158. The van der Waals surface area contributed by atoms with Crippen molar-refractivity contribution in [1.29, 1.82) is 0 Å². The van der Waals surface area contributed by atoms with Crippen molar-refractivity contribution in [2.75, 3.05) is 0 Å². The first-order valence-corrected chi connectivity index (χ1v) is 4.04. The molecule has 0 aliphatic carbocycles. The van der Waals surface area contributed by atoms with E-state index in [1.165, 1.54) is 6.92 Å². The molecule has 0 aliphatic heterocycles. The Bertz CT molecular complexity index is 165. The van der Waals surface area contributed by atoms with Crippen LogP contribution in [0.2, 0.25) is 0 Å². The first kappa shape index (κ1) is 11.4. The van der Waals surface area contributed by atoms with Crippen LogP contribution in [0.1, 0.15) is 41.0 Å². The molecular weight excluding hydrogens is 156 g/mol. The first-order valence-electron chi connectivity index (χ1n) is 4.04. The van der Waals surface area contributed by atoms with Crippen LogP contribution >= 0.6 is 0 Å². The van der Waals surface area contributed by atoms with Gasteiger partial charge in [-0.25, -0.2) is 0 Å². The van der Waals surface area contributed by atoms with E-state index in [1.807, 2.05) is 0 Å². The lowest BCUT2D eigenvalue weighted by Gasteiger charge is -2.30. The second-order valence-electron chi connectivity index (χ2n) is 4.34. The van der Waals surface area contributed by atoms with Crippen LogP contribution < -0.4 is 0 Å². The Kier molecular flexibility index (Phi) is 3.27. The second kappa shape index (κ2) is 3.44. The minimum atomic E-state index is -0.807. The fourth-order valence-corrected chi connectivity index (χ4v) is 1.47. The van der Waals surface area contributed by atoms with E-state index in [0.717, 1.165) is 0 Å². The predicted octanol–water partition coefficient (Wildman–Crippen LogP) is 1.49. The predicted molar refractivity (Wildman–Crippen MR) is 46.8 cm³/mol. The molecule has 0 fully saturated rings. The maximum Gasteiger partial charge on any atom is 0.303 e. The summed E-state index contributed by atoms with van der Waals surface area (Å²) in [6, 6.07) is 0. The summed E-state index contributed by atoms with van der Waals surface area (Å²) in [5, 5.41) is 9.47. The first-order chi connectivity index (χ1) is 5.12. The van der Waals surface area contributed by atoms with Gasteiger partial charge in [0.1, 0.15) is 5.60 Å². The van der Waals surface area contributed by atoms with E-state index in [9.17, 15) is 9.90 Å². The molecule has 0 saturated heterocycles. The maximum atomic E-state index is 10.6. The van der Waals surface area contributed by atoms with E-state index < -0.39 is 11.2 Å².